The largest absolute Gasteiger partial charge is 0.457 e. The van der Waals surface area contributed by atoms with Crippen LogP contribution in [0.5, 0.6) is 11.5 Å². The van der Waals surface area contributed by atoms with Crippen molar-refractivity contribution in [2.24, 2.45) is 5.84 Å². The van der Waals surface area contributed by atoms with Crippen LogP contribution >= 0.6 is 0 Å². The molecule has 32 heavy (non-hydrogen) atoms. The summed E-state index contributed by atoms with van der Waals surface area (Å²) in [6.07, 6.45) is 1.07. The van der Waals surface area contributed by atoms with Gasteiger partial charge in [-0.15, -0.1) is 0 Å². The first-order chi connectivity index (χ1) is 15.6. The number of carbonyl (C=O) groups excluding carboxylic acids is 1. The second-order valence-electron chi connectivity index (χ2n) is 6.63. The molecule has 0 unspecified atom stereocenters. The molecular formula is C23H19FN6O2. The van der Waals surface area contributed by atoms with Gasteiger partial charge in [-0.2, -0.15) is 4.98 Å². The third-order valence-corrected chi connectivity index (χ3v) is 4.37. The topological polar surface area (TPSA) is 114 Å². The summed E-state index contributed by atoms with van der Waals surface area (Å²) in [4.78, 5) is 19.7. The fourth-order valence-electron chi connectivity index (χ4n) is 2.80. The maximum atomic E-state index is 14.2. The summed E-state index contributed by atoms with van der Waals surface area (Å²) in [5.74, 6) is 5.69. The zero-order chi connectivity index (χ0) is 22.3. The lowest BCUT2D eigenvalue weighted by atomic mass is 10.2. The number of hydrogen-bond acceptors (Lipinski definition) is 7. The SMILES string of the molecule is NNC(=O)c1ccc(Nc2nc(Nc3ccc(Oc4ccccc4)cc3)ncc2F)cc1. The van der Waals surface area contributed by atoms with E-state index < -0.39 is 11.7 Å². The van der Waals surface area contributed by atoms with E-state index in [4.69, 9.17) is 10.6 Å². The van der Waals surface area contributed by atoms with Crippen molar-refractivity contribution in [1.29, 1.82) is 0 Å². The molecule has 0 saturated heterocycles. The van der Waals surface area contributed by atoms with Crippen molar-refractivity contribution >= 4 is 29.0 Å². The molecule has 4 aromatic rings. The van der Waals surface area contributed by atoms with E-state index in [1.54, 1.807) is 48.5 Å². The number of aromatic nitrogens is 2. The van der Waals surface area contributed by atoms with E-state index in [1.807, 2.05) is 35.8 Å². The first-order valence-electron chi connectivity index (χ1n) is 9.61. The van der Waals surface area contributed by atoms with Gasteiger partial charge in [0.25, 0.3) is 5.91 Å². The minimum Gasteiger partial charge on any atom is -0.457 e. The number of nitrogens with zero attached hydrogens (tertiary/aromatic N) is 2. The summed E-state index contributed by atoms with van der Waals surface area (Å²) in [6.45, 7) is 0. The summed E-state index contributed by atoms with van der Waals surface area (Å²) in [6, 6.07) is 23.0. The number of hydrogen-bond donors (Lipinski definition) is 4. The fraction of sp³-hybridized carbons (Fsp3) is 0. The second kappa shape index (κ2) is 9.54. The van der Waals surface area contributed by atoms with Crippen LogP contribution in [0, 0.1) is 5.82 Å². The first-order valence-corrected chi connectivity index (χ1v) is 9.61. The van der Waals surface area contributed by atoms with E-state index in [1.165, 1.54) is 0 Å². The number of nitrogens with two attached hydrogens (primary N) is 1. The summed E-state index contributed by atoms with van der Waals surface area (Å²) in [5, 5.41) is 5.90. The average Bonchev–Trinajstić information content (AvgIpc) is 2.83. The number of nitrogens with one attached hydrogen (secondary N) is 3. The van der Waals surface area contributed by atoms with Crippen LogP contribution in [0.2, 0.25) is 0 Å². The second-order valence-corrected chi connectivity index (χ2v) is 6.63. The molecule has 3 aromatic carbocycles. The quantitative estimate of drug-likeness (QED) is 0.194. The third-order valence-electron chi connectivity index (χ3n) is 4.37. The molecule has 0 radical (unpaired) electrons. The average molecular weight is 430 g/mol. The molecule has 160 valence electrons. The van der Waals surface area contributed by atoms with Crippen molar-refractivity contribution in [1.82, 2.24) is 15.4 Å². The predicted octanol–water partition coefficient (Wildman–Crippen LogP) is 4.50. The van der Waals surface area contributed by atoms with E-state index in [-0.39, 0.29) is 11.8 Å². The molecule has 0 saturated carbocycles. The zero-order valence-corrected chi connectivity index (χ0v) is 16.7. The molecule has 0 spiro atoms. The van der Waals surface area contributed by atoms with Crippen molar-refractivity contribution in [3.8, 4) is 11.5 Å². The Kier molecular flexibility index (Phi) is 6.19. The molecule has 0 fully saturated rings. The number of anilines is 4. The van der Waals surface area contributed by atoms with Crippen molar-refractivity contribution in [3.63, 3.8) is 0 Å². The standard InChI is InChI=1S/C23H19FN6O2/c24-20-14-26-23(29-21(20)27-16-8-6-15(7-9-16)22(31)30-25)28-17-10-12-19(13-11-17)32-18-4-2-1-3-5-18/h1-14H,25H2,(H,30,31)(H2,26,27,28,29). The van der Waals surface area contributed by atoms with Gasteiger partial charge in [0.05, 0.1) is 6.20 Å². The van der Waals surface area contributed by atoms with Crippen LogP contribution < -0.4 is 26.6 Å². The van der Waals surface area contributed by atoms with Crippen LogP contribution in [0.3, 0.4) is 0 Å². The normalized spacial score (nSPS) is 10.3. The number of halogens is 1. The van der Waals surface area contributed by atoms with Crippen LogP contribution in [0.1, 0.15) is 10.4 Å². The number of ether oxygens (including phenoxy) is 1. The van der Waals surface area contributed by atoms with Gasteiger partial charge in [0, 0.05) is 16.9 Å². The number of benzene rings is 3. The maximum Gasteiger partial charge on any atom is 0.265 e. The number of para-hydroxylation sites is 1. The summed E-state index contributed by atoms with van der Waals surface area (Å²) in [7, 11) is 0. The van der Waals surface area contributed by atoms with E-state index >= 15 is 0 Å². The van der Waals surface area contributed by atoms with Gasteiger partial charge in [0.2, 0.25) is 5.95 Å². The molecule has 0 aliphatic carbocycles. The van der Waals surface area contributed by atoms with E-state index in [2.05, 4.69) is 20.6 Å². The Labute approximate surface area is 183 Å². The molecular weight excluding hydrogens is 411 g/mol. The monoisotopic (exact) mass is 430 g/mol. The Morgan fingerprint density at radius 3 is 2.16 bits per heavy atom. The number of rotatable bonds is 7. The summed E-state index contributed by atoms with van der Waals surface area (Å²) < 4.78 is 20.0. The van der Waals surface area contributed by atoms with Gasteiger partial charge in [-0.05, 0) is 60.7 Å². The Morgan fingerprint density at radius 2 is 1.47 bits per heavy atom. The van der Waals surface area contributed by atoms with Crippen molar-refractivity contribution in [2.45, 2.75) is 0 Å². The molecule has 1 aromatic heterocycles. The summed E-state index contributed by atoms with van der Waals surface area (Å²) >= 11 is 0. The molecule has 4 rings (SSSR count). The lowest BCUT2D eigenvalue weighted by Crippen LogP contribution is -2.29. The van der Waals surface area contributed by atoms with E-state index in [0.717, 1.165) is 11.9 Å². The highest BCUT2D eigenvalue weighted by molar-refractivity contribution is 5.94. The Morgan fingerprint density at radius 1 is 0.844 bits per heavy atom. The van der Waals surface area contributed by atoms with Crippen LogP contribution in [-0.4, -0.2) is 15.9 Å². The van der Waals surface area contributed by atoms with Crippen molar-refractivity contribution in [2.75, 3.05) is 10.6 Å². The number of carbonyl (C=O) groups is 1. The third kappa shape index (κ3) is 5.15. The Hall–Kier alpha value is -4.50. The van der Waals surface area contributed by atoms with Gasteiger partial charge in [-0.3, -0.25) is 10.2 Å². The van der Waals surface area contributed by atoms with Crippen molar-refractivity contribution in [3.05, 3.63) is 96.4 Å². The summed E-state index contributed by atoms with van der Waals surface area (Å²) in [5.41, 5.74) is 3.68. The minimum atomic E-state index is -0.620. The van der Waals surface area contributed by atoms with Gasteiger partial charge >= 0.3 is 0 Å². The van der Waals surface area contributed by atoms with Crippen LogP contribution in [0.25, 0.3) is 0 Å². The first kappa shape index (κ1) is 20.8. The molecule has 5 N–H and O–H groups in total. The molecule has 0 aliphatic rings. The Bertz CT molecular complexity index is 1200. The van der Waals surface area contributed by atoms with Crippen molar-refractivity contribution < 1.29 is 13.9 Å². The molecule has 0 aliphatic heterocycles. The van der Waals surface area contributed by atoms with E-state index in [0.29, 0.717) is 22.7 Å². The molecule has 1 amide bonds. The van der Waals surface area contributed by atoms with Crippen LogP contribution in [0.15, 0.2) is 85.1 Å². The van der Waals surface area contributed by atoms with Gasteiger partial charge in [-0.25, -0.2) is 15.2 Å². The van der Waals surface area contributed by atoms with Gasteiger partial charge in [-0.1, -0.05) is 18.2 Å². The highest BCUT2D eigenvalue weighted by atomic mass is 19.1. The lowest BCUT2D eigenvalue weighted by Gasteiger charge is -2.11. The zero-order valence-electron chi connectivity index (χ0n) is 16.7. The number of hydrazine groups is 1. The highest BCUT2D eigenvalue weighted by Gasteiger charge is 2.09. The molecule has 0 atom stereocenters. The van der Waals surface area contributed by atoms with Gasteiger partial charge in [0.15, 0.2) is 11.6 Å². The molecule has 9 heteroatoms. The van der Waals surface area contributed by atoms with Gasteiger partial charge in [0.1, 0.15) is 11.5 Å². The molecule has 8 nitrogen and oxygen atoms in total. The van der Waals surface area contributed by atoms with E-state index in [9.17, 15) is 9.18 Å². The highest BCUT2D eigenvalue weighted by Crippen LogP contribution is 2.25. The molecule has 0 bridgehead atoms. The smallest absolute Gasteiger partial charge is 0.265 e. The number of nitrogen functional groups attached to an aromatic ring is 1. The van der Waals surface area contributed by atoms with Gasteiger partial charge < -0.3 is 15.4 Å². The maximum absolute atomic E-state index is 14.2. The lowest BCUT2D eigenvalue weighted by molar-refractivity contribution is 0.0953. The number of amides is 1. The predicted molar refractivity (Wildman–Crippen MR) is 120 cm³/mol. The van der Waals surface area contributed by atoms with Crippen LogP contribution in [-0.2, 0) is 0 Å². The Balaban J connectivity index is 1.44. The minimum absolute atomic E-state index is 0.0115. The molecule has 1 heterocycles. The fourth-order valence-corrected chi connectivity index (χ4v) is 2.80. The van der Waals surface area contributed by atoms with Crippen LogP contribution in [0.4, 0.5) is 27.5 Å².